The molecule has 34 heavy (non-hydrogen) atoms. The fraction of sp³-hybridized carbons (Fsp3) is 0.333. The lowest BCUT2D eigenvalue weighted by Gasteiger charge is -2.47. The molecular formula is C27H25FN6. The minimum atomic E-state index is -0.412. The third-order valence-electron chi connectivity index (χ3n) is 7.74. The first kappa shape index (κ1) is 20.8. The summed E-state index contributed by atoms with van der Waals surface area (Å²) in [6, 6.07) is 13.4. The molecule has 0 amide bonds. The molecule has 3 aliphatic rings. The first-order chi connectivity index (χ1) is 16.6. The van der Waals surface area contributed by atoms with E-state index in [4.69, 9.17) is 9.97 Å². The van der Waals surface area contributed by atoms with Crippen LogP contribution in [0.3, 0.4) is 0 Å². The molecule has 3 fully saturated rings. The molecule has 0 radical (unpaired) electrons. The van der Waals surface area contributed by atoms with E-state index in [9.17, 15) is 9.65 Å². The van der Waals surface area contributed by atoms with Crippen LogP contribution in [-0.2, 0) is 0 Å². The molecular weight excluding hydrogens is 427 g/mol. The molecule has 2 N–H and O–H groups in total. The van der Waals surface area contributed by atoms with Crippen molar-refractivity contribution in [1.82, 2.24) is 19.9 Å². The van der Waals surface area contributed by atoms with Crippen LogP contribution in [0.5, 0.6) is 0 Å². The van der Waals surface area contributed by atoms with E-state index in [-0.39, 0.29) is 0 Å². The number of nitriles is 1. The van der Waals surface area contributed by atoms with Crippen molar-refractivity contribution in [2.24, 2.45) is 17.8 Å². The Morgan fingerprint density at radius 3 is 2.65 bits per heavy atom. The minimum absolute atomic E-state index is 0.358. The average Bonchev–Trinajstić information content (AvgIpc) is 3.29. The summed E-state index contributed by atoms with van der Waals surface area (Å²) in [7, 11) is 0. The number of anilines is 1. The van der Waals surface area contributed by atoms with Gasteiger partial charge in [0.25, 0.3) is 0 Å². The van der Waals surface area contributed by atoms with Gasteiger partial charge in [0.1, 0.15) is 17.3 Å². The number of hydrogen-bond acceptors (Lipinski definition) is 5. The van der Waals surface area contributed by atoms with E-state index >= 15 is 0 Å². The van der Waals surface area contributed by atoms with Crippen LogP contribution >= 0.6 is 0 Å². The molecule has 7 heteroatoms. The summed E-state index contributed by atoms with van der Waals surface area (Å²) in [6.45, 7) is 2.34. The summed E-state index contributed by atoms with van der Waals surface area (Å²) in [5.74, 6) is 2.76. The number of aromatic nitrogens is 4. The molecule has 170 valence electrons. The van der Waals surface area contributed by atoms with E-state index in [0.717, 1.165) is 17.3 Å². The Morgan fingerprint density at radius 2 is 1.85 bits per heavy atom. The van der Waals surface area contributed by atoms with Crippen LogP contribution in [0.1, 0.15) is 38.2 Å². The predicted molar refractivity (Wildman–Crippen MR) is 129 cm³/mol. The predicted octanol–water partition coefficient (Wildman–Crippen LogP) is 5.93. The monoisotopic (exact) mass is 452 g/mol. The Hall–Kier alpha value is -3.79. The maximum absolute atomic E-state index is 14.0. The summed E-state index contributed by atoms with van der Waals surface area (Å²) < 4.78 is 14.0. The van der Waals surface area contributed by atoms with Crippen LogP contribution in [0, 0.1) is 34.9 Å². The highest BCUT2D eigenvalue weighted by Gasteiger charge is 2.41. The quantitative estimate of drug-likeness (QED) is 0.400. The van der Waals surface area contributed by atoms with Crippen molar-refractivity contribution in [2.75, 3.05) is 5.32 Å². The molecule has 6 nitrogen and oxygen atoms in total. The van der Waals surface area contributed by atoms with Gasteiger partial charge in [-0.1, -0.05) is 25.1 Å². The summed E-state index contributed by atoms with van der Waals surface area (Å²) >= 11 is 0. The van der Waals surface area contributed by atoms with Gasteiger partial charge in [-0.2, -0.15) is 5.26 Å². The van der Waals surface area contributed by atoms with Gasteiger partial charge in [0, 0.05) is 34.8 Å². The molecule has 3 aromatic heterocycles. The topological polar surface area (TPSA) is 90.3 Å². The second-order valence-electron chi connectivity index (χ2n) is 9.58. The molecule has 3 heterocycles. The van der Waals surface area contributed by atoms with Gasteiger partial charge in [0.2, 0.25) is 0 Å². The SMILES string of the molecule is CC1C2CCC(CC2)C1Nc1cc(-c2ccccc2C#N)nc(-c2c[nH]c3ncc(F)cc23)n1. The fourth-order valence-corrected chi connectivity index (χ4v) is 5.92. The maximum atomic E-state index is 14.0. The number of pyridine rings is 1. The molecule has 0 spiro atoms. The van der Waals surface area contributed by atoms with Crippen LogP contribution in [-0.4, -0.2) is 26.0 Å². The van der Waals surface area contributed by atoms with Crippen LogP contribution in [0.15, 0.2) is 48.8 Å². The maximum Gasteiger partial charge on any atom is 0.164 e. The van der Waals surface area contributed by atoms with E-state index in [1.807, 2.05) is 24.3 Å². The summed E-state index contributed by atoms with van der Waals surface area (Å²) in [4.78, 5) is 16.9. The van der Waals surface area contributed by atoms with E-state index in [0.29, 0.717) is 51.6 Å². The second kappa shape index (κ2) is 8.21. The van der Waals surface area contributed by atoms with Gasteiger partial charge < -0.3 is 10.3 Å². The Kier molecular flexibility index (Phi) is 5.02. The molecule has 2 atom stereocenters. The van der Waals surface area contributed by atoms with Crippen LogP contribution < -0.4 is 5.32 Å². The van der Waals surface area contributed by atoms with Crippen molar-refractivity contribution in [3.8, 4) is 28.7 Å². The third-order valence-corrected chi connectivity index (χ3v) is 7.74. The standard InChI is InChI=1S/C27H25FN6/c1-15-16-6-8-17(9-7-16)25(15)33-24-11-23(20-5-3-2-4-18(20)12-29)32-27(34-24)22-14-31-26-21(22)10-19(28)13-30-26/h2-5,10-11,13-17,25H,6-9H2,1H3,(H,30,31)(H,32,33,34). The number of halogens is 1. The first-order valence-corrected chi connectivity index (χ1v) is 11.9. The Labute approximate surface area is 197 Å². The van der Waals surface area contributed by atoms with Crippen molar-refractivity contribution in [1.29, 1.82) is 5.26 Å². The van der Waals surface area contributed by atoms with Crippen molar-refractivity contribution in [2.45, 2.75) is 38.6 Å². The zero-order valence-electron chi connectivity index (χ0n) is 18.9. The van der Waals surface area contributed by atoms with E-state index in [2.05, 4.69) is 28.3 Å². The Morgan fingerprint density at radius 1 is 1.06 bits per heavy atom. The number of benzene rings is 1. The summed E-state index contributed by atoms with van der Waals surface area (Å²) in [6.07, 6.45) is 8.09. The van der Waals surface area contributed by atoms with Gasteiger partial charge in [-0.3, -0.25) is 0 Å². The van der Waals surface area contributed by atoms with Crippen molar-refractivity contribution in [3.63, 3.8) is 0 Å². The number of fused-ring (bicyclic) bond motifs is 4. The summed E-state index contributed by atoms with van der Waals surface area (Å²) in [5, 5.41) is 14.0. The number of nitrogens with one attached hydrogen (secondary N) is 2. The van der Waals surface area contributed by atoms with Gasteiger partial charge in [-0.05, 0) is 55.6 Å². The zero-order valence-corrected chi connectivity index (χ0v) is 18.9. The normalized spacial score (nSPS) is 23.7. The van der Waals surface area contributed by atoms with E-state index in [1.54, 1.807) is 12.3 Å². The van der Waals surface area contributed by atoms with Crippen LogP contribution in [0.25, 0.3) is 33.7 Å². The molecule has 2 unspecified atom stereocenters. The van der Waals surface area contributed by atoms with Gasteiger partial charge in [-0.15, -0.1) is 0 Å². The molecule has 4 aromatic rings. The van der Waals surface area contributed by atoms with Gasteiger partial charge in [0.05, 0.1) is 23.5 Å². The van der Waals surface area contributed by atoms with Crippen LogP contribution in [0.4, 0.5) is 10.2 Å². The highest BCUT2D eigenvalue weighted by atomic mass is 19.1. The van der Waals surface area contributed by atoms with Gasteiger partial charge in [0.15, 0.2) is 5.82 Å². The molecule has 0 saturated heterocycles. The molecule has 3 aliphatic carbocycles. The largest absolute Gasteiger partial charge is 0.367 e. The van der Waals surface area contributed by atoms with Gasteiger partial charge >= 0.3 is 0 Å². The highest BCUT2D eigenvalue weighted by molar-refractivity contribution is 5.92. The second-order valence-corrected chi connectivity index (χ2v) is 9.58. The number of aromatic amines is 1. The van der Waals surface area contributed by atoms with Crippen molar-refractivity contribution < 1.29 is 4.39 Å². The zero-order chi connectivity index (χ0) is 23.2. The van der Waals surface area contributed by atoms with Crippen molar-refractivity contribution >= 4 is 16.9 Å². The average molecular weight is 453 g/mol. The Balaban J connectivity index is 1.49. The molecule has 7 rings (SSSR count). The van der Waals surface area contributed by atoms with E-state index < -0.39 is 5.82 Å². The fourth-order valence-electron chi connectivity index (χ4n) is 5.92. The minimum Gasteiger partial charge on any atom is -0.367 e. The third kappa shape index (κ3) is 3.50. The molecule has 1 aromatic carbocycles. The van der Waals surface area contributed by atoms with E-state index in [1.165, 1.54) is 37.9 Å². The lowest BCUT2D eigenvalue weighted by molar-refractivity contribution is 0.0928. The smallest absolute Gasteiger partial charge is 0.164 e. The summed E-state index contributed by atoms with van der Waals surface area (Å²) in [5.41, 5.74) is 3.22. The first-order valence-electron chi connectivity index (χ1n) is 11.9. The highest BCUT2D eigenvalue weighted by Crippen LogP contribution is 2.46. The number of nitrogens with zero attached hydrogens (tertiary/aromatic N) is 4. The van der Waals surface area contributed by atoms with Crippen molar-refractivity contribution in [3.05, 3.63) is 60.2 Å². The molecule has 2 bridgehead atoms. The number of hydrogen-bond donors (Lipinski definition) is 2. The molecule has 0 aliphatic heterocycles. The lowest BCUT2D eigenvalue weighted by atomic mass is 9.62. The lowest BCUT2D eigenvalue weighted by Crippen LogP contribution is -2.47. The van der Waals surface area contributed by atoms with Crippen LogP contribution in [0.2, 0.25) is 0 Å². The molecule has 3 saturated carbocycles. The number of H-pyrrole nitrogens is 1. The number of rotatable bonds is 4. The van der Waals surface area contributed by atoms with Gasteiger partial charge in [-0.25, -0.2) is 19.3 Å². The Bertz CT molecular complexity index is 1410.